The summed E-state index contributed by atoms with van der Waals surface area (Å²) in [6, 6.07) is 0. The van der Waals surface area contributed by atoms with Crippen molar-refractivity contribution < 1.29 is 19.4 Å². The number of hydrogen-bond donors (Lipinski definition) is 2. The molecular formula is C8H13NO4. The van der Waals surface area contributed by atoms with Crippen molar-refractivity contribution in [1.82, 2.24) is 0 Å². The van der Waals surface area contributed by atoms with E-state index in [-0.39, 0.29) is 19.1 Å². The first kappa shape index (κ1) is 9.98. The number of rotatable bonds is 4. The Labute approximate surface area is 75.9 Å². The highest BCUT2D eigenvalue weighted by molar-refractivity contribution is 6.05. The maximum Gasteiger partial charge on any atom is 0.322 e. The molecular weight excluding hydrogens is 174 g/mol. The predicted molar refractivity (Wildman–Crippen MR) is 43.5 cm³/mol. The maximum atomic E-state index is 11.3. The smallest absolute Gasteiger partial charge is 0.322 e. The van der Waals surface area contributed by atoms with E-state index in [9.17, 15) is 9.59 Å². The summed E-state index contributed by atoms with van der Waals surface area (Å²) in [5.41, 5.74) is 3.83. The zero-order valence-electron chi connectivity index (χ0n) is 7.45. The van der Waals surface area contributed by atoms with Crippen LogP contribution in [0, 0.1) is 11.3 Å². The number of aliphatic hydroxyl groups is 1. The first-order valence-corrected chi connectivity index (χ1v) is 4.17. The van der Waals surface area contributed by atoms with Crippen LogP contribution < -0.4 is 5.73 Å². The zero-order valence-corrected chi connectivity index (χ0v) is 7.45. The number of carbonyl (C=O) groups is 2. The minimum atomic E-state index is -1.25. The molecule has 0 saturated heterocycles. The van der Waals surface area contributed by atoms with Crippen LogP contribution in [0.1, 0.15) is 13.3 Å². The summed E-state index contributed by atoms with van der Waals surface area (Å²) in [7, 11) is 0. The molecule has 74 valence electrons. The minimum absolute atomic E-state index is 0.207. The van der Waals surface area contributed by atoms with Crippen molar-refractivity contribution in [2.75, 3.05) is 13.2 Å². The summed E-state index contributed by atoms with van der Waals surface area (Å²) in [5.74, 6) is -1.67. The van der Waals surface area contributed by atoms with E-state index >= 15 is 0 Å². The third-order valence-electron chi connectivity index (χ3n) is 2.40. The Morgan fingerprint density at radius 1 is 1.69 bits per heavy atom. The van der Waals surface area contributed by atoms with E-state index in [0.29, 0.717) is 6.42 Å². The number of aliphatic hydroxyl groups excluding tert-OH is 1. The van der Waals surface area contributed by atoms with Crippen LogP contribution in [0.2, 0.25) is 0 Å². The van der Waals surface area contributed by atoms with Crippen LogP contribution in [0.15, 0.2) is 0 Å². The minimum Gasteiger partial charge on any atom is -0.465 e. The van der Waals surface area contributed by atoms with Crippen LogP contribution in [-0.2, 0) is 14.3 Å². The molecule has 1 fully saturated rings. The lowest BCUT2D eigenvalue weighted by Crippen LogP contribution is -2.36. The molecule has 5 nitrogen and oxygen atoms in total. The fourth-order valence-corrected chi connectivity index (χ4v) is 1.46. The van der Waals surface area contributed by atoms with Gasteiger partial charge >= 0.3 is 5.97 Å². The van der Waals surface area contributed by atoms with E-state index < -0.39 is 17.3 Å². The zero-order chi connectivity index (χ0) is 10.1. The molecule has 0 spiro atoms. The summed E-state index contributed by atoms with van der Waals surface area (Å²) in [4.78, 5) is 22.3. The highest BCUT2D eigenvalue weighted by Gasteiger charge is 2.65. The van der Waals surface area contributed by atoms with Crippen molar-refractivity contribution in [2.45, 2.75) is 13.3 Å². The molecule has 3 N–H and O–H groups in total. The van der Waals surface area contributed by atoms with Gasteiger partial charge in [-0.15, -0.1) is 0 Å². The Balaban J connectivity index is 2.72. The lowest BCUT2D eigenvalue weighted by Gasteiger charge is -2.10. The molecule has 1 aliphatic carbocycles. The highest BCUT2D eigenvalue weighted by atomic mass is 16.5. The number of primary amides is 1. The van der Waals surface area contributed by atoms with E-state index in [0.717, 1.165) is 0 Å². The summed E-state index contributed by atoms with van der Waals surface area (Å²) in [6.07, 6.45) is 0.303. The van der Waals surface area contributed by atoms with Crippen LogP contribution in [0.3, 0.4) is 0 Å². The van der Waals surface area contributed by atoms with E-state index in [1.54, 1.807) is 6.92 Å². The average molecular weight is 187 g/mol. The third kappa shape index (κ3) is 1.39. The summed E-state index contributed by atoms with van der Waals surface area (Å²) in [5, 5.41) is 8.79. The number of nitrogens with two attached hydrogens (primary N) is 1. The van der Waals surface area contributed by atoms with Crippen molar-refractivity contribution in [2.24, 2.45) is 17.1 Å². The first-order chi connectivity index (χ1) is 6.09. The number of hydrogen-bond acceptors (Lipinski definition) is 4. The van der Waals surface area contributed by atoms with Gasteiger partial charge in [-0.05, 0) is 13.3 Å². The van der Waals surface area contributed by atoms with Crippen molar-refractivity contribution >= 4 is 11.9 Å². The molecule has 2 unspecified atom stereocenters. The Morgan fingerprint density at radius 2 is 2.31 bits per heavy atom. The van der Waals surface area contributed by atoms with Gasteiger partial charge in [0.2, 0.25) is 5.91 Å². The Morgan fingerprint density at radius 3 is 2.62 bits per heavy atom. The van der Waals surface area contributed by atoms with E-state index in [1.165, 1.54) is 0 Å². The fraction of sp³-hybridized carbons (Fsp3) is 0.750. The Kier molecular flexibility index (Phi) is 2.56. The van der Waals surface area contributed by atoms with Crippen LogP contribution in [0.25, 0.3) is 0 Å². The van der Waals surface area contributed by atoms with E-state index in [4.69, 9.17) is 15.6 Å². The quantitative estimate of drug-likeness (QED) is 0.438. The maximum absolute atomic E-state index is 11.3. The third-order valence-corrected chi connectivity index (χ3v) is 2.40. The molecule has 0 aromatic heterocycles. The monoisotopic (exact) mass is 187 g/mol. The van der Waals surface area contributed by atoms with Crippen LogP contribution in [0.5, 0.6) is 0 Å². The number of ether oxygens (including phenoxy) is 1. The molecule has 0 heterocycles. The molecule has 1 rings (SSSR count). The molecule has 0 radical (unpaired) electrons. The van der Waals surface area contributed by atoms with Crippen molar-refractivity contribution in [3.8, 4) is 0 Å². The van der Waals surface area contributed by atoms with Gasteiger partial charge in [0.05, 0.1) is 6.61 Å². The van der Waals surface area contributed by atoms with Gasteiger partial charge in [-0.3, -0.25) is 9.59 Å². The van der Waals surface area contributed by atoms with Gasteiger partial charge < -0.3 is 15.6 Å². The van der Waals surface area contributed by atoms with Gasteiger partial charge in [-0.2, -0.15) is 0 Å². The van der Waals surface area contributed by atoms with Crippen LogP contribution >= 0.6 is 0 Å². The molecule has 0 aliphatic heterocycles. The number of esters is 1. The predicted octanol–water partition coefficient (Wildman–Crippen LogP) is -0.967. The fourth-order valence-electron chi connectivity index (χ4n) is 1.46. The molecule has 1 amide bonds. The molecule has 5 heteroatoms. The normalized spacial score (nSPS) is 31.1. The summed E-state index contributed by atoms with van der Waals surface area (Å²) >= 11 is 0. The summed E-state index contributed by atoms with van der Waals surface area (Å²) < 4.78 is 4.71. The van der Waals surface area contributed by atoms with Gasteiger partial charge in [-0.1, -0.05) is 0 Å². The number of amides is 1. The number of carbonyl (C=O) groups excluding carboxylic acids is 2. The Hall–Kier alpha value is -1.10. The molecule has 1 aliphatic rings. The van der Waals surface area contributed by atoms with Gasteiger partial charge in [-0.25, -0.2) is 0 Å². The van der Waals surface area contributed by atoms with Gasteiger partial charge in [0.15, 0.2) is 5.41 Å². The van der Waals surface area contributed by atoms with Crippen molar-refractivity contribution in [3.05, 3.63) is 0 Å². The molecule has 1 saturated carbocycles. The molecule has 0 bridgehead atoms. The Bertz CT molecular complexity index is 240. The molecule has 13 heavy (non-hydrogen) atoms. The SMILES string of the molecule is CCOC(=O)C1(C(N)=O)CC1CO. The molecule has 2 atom stereocenters. The standard InChI is InChI=1S/C8H13NO4/c1-2-13-7(12)8(6(9)11)3-5(8)4-10/h5,10H,2-4H2,1H3,(H2,9,11). The van der Waals surface area contributed by atoms with Crippen LogP contribution in [-0.4, -0.2) is 30.2 Å². The second kappa shape index (κ2) is 3.33. The van der Waals surface area contributed by atoms with Crippen LogP contribution in [0.4, 0.5) is 0 Å². The molecule has 0 aromatic rings. The topological polar surface area (TPSA) is 89.6 Å². The first-order valence-electron chi connectivity index (χ1n) is 4.17. The van der Waals surface area contributed by atoms with Gasteiger partial charge in [0, 0.05) is 12.5 Å². The lowest BCUT2D eigenvalue weighted by atomic mass is 10.0. The second-order valence-electron chi connectivity index (χ2n) is 3.14. The lowest BCUT2D eigenvalue weighted by molar-refractivity contribution is -0.154. The van der Waals surface area contributed by atoms with Crippen molar-refractivity contribution in [1.29, 1.82) is 0 Å². The van der Waals surface area contributed by atoms with Gasteiger partial charge in [0.25, 0.3) is 0 Å². The van der Waals surface area contributed by atoms with Crippen molar-refractivity contribution in [3.63, 3.8) is 0 Å². The highest BCUT2D eigenvalue weighted by Crippen LogP contribution is 2.52. The second-order valence-corrected chi connectivity index (χ2v) is 3.14. The summed E-state index contributed by atoms with van der Waals surface area (Å²) in [6.45, 7) is 1.66. The van der Waals surface area contributed by atoms with Gasteiger partial charge in [0.1, 0.15) is 0 Å². The van der Waals surface area contributed by atoms with E-state index in [2.05, 4.69) is 0 Å². The largest absolute Gasteiger partial charge is 0.465 e. The average Bonchev–Trinajstić information content (AvgIpc) is 2.79. The molecule has 0 aromatic carbocycles. The van der Waals surface area contributed by atoms with E-state index in [1.807, 2.05) is 0 Å².